The number of ether oxygens (including phenoxy) is 1. The van der Waals surface area contributed by atoms with Crippen LogP contribution in [0.3, 0.4) is 0 Å². The molecule has 242 valence electrons. The molecule has 6 heterocycles. The summed E-state index contributed by atoms with van der Waals surface area (Å²) in [5, 5.41) is 11.3. The highest BCUT2D eigenvalue weighted by molar-refractivity contribution is 8.44. The SMILES string of the molecule is Cn1cnc2c(ncn2[C@@H]2C[C@@H]3OP(=O)(S)O[C@H]4[C@@H](F)[C@H](n5cnc6c(N)ncnc65)OC4(C)COP(O)(=S)O[C@@H]2[C@@H]3O)c1=O. The maximum atomic E-state index is 16.3. The molecular formula is C22H26FN9O9P2S2. The fraction of sp³-hybridized carbons (Fsp3) is 0.545. The molecule has 0 radical (unpaired) electrons. The summed E-state index contributed by atoms with van der Waals surface area (Å²) in [5.74, 6) is 0.0599. The van der Waals surface area contributed by atoms with Gasteiger partial charge in [-0.15, -0.1) is 0 Å². The predicted octanol–water partition coefficient (Wildman–Crippen LogP) is 0.924. The highest BCUT2D eigenvalue weighted by atomic mass is 32.7. The third kappa shape index (κ3) is 5.23. The zero-order valence-corrected chi connectivity index (χ0v) is 26.8. The fourth-order valence-electron chi connectivity index (χ4n) is 5.88. The number of halogens is 1. The number of nitrogen functional groups attached to an aromatic ring is 1. The third-order valence-corrected chi connectivity index (χ3v) is 11.2. The number of hydrogen-bond donors (Lipinski definition) is 4. The summed E-state index contributed by atoms with van der Waals surface area (Å²) in [7, 11) is 1.51. The first-order valence-corrected chi connectivity index (χ1v) is 18.6. The number of aliphatic hydroxyl groups excluding tert-OH is 1. The Morgan fingerprint density at radius 2 is 1.82 bits per heavy atom. The lowest BCUT2D eigenvalue weighted by molar-refractivity contribution is -0.113. The van der Waals surface area contributed by atoms with E-state index in [1.807, 2.05) is 0 Å². The topological polar surface area (TPSA) is 226 Å². The van der Waals surface area contributed by atoms with Gasteiger partial charge in [0, 0.05) is 13.5 Å². The summed E-state index contributed by atoms with van der Waals surface area (Å²) in [4.78, 5) is 44.3. The quantitative estimate of drug-likeness (QED) is 0.168. The Morgan fingerprint density at radius 3 is 2.60 bits per heavy atom. The highest BCUT2D eigenvalue weighted by Gasteiger charge is 2.59. The van der Waals surface area contributed by atoms with E-state index in [1.165, 1.54) is 53.0 Å². The number of anilines is 1. The lowest BCUT2D eigenvalue weighted by Crippen LogP contribution is -2.45. The average Bonchev–Trinajstić information content (AvgIpc) is 3.72. The molecule has 4 N–H and O–H groups in total. The van der Waals surface area contributed by atoms with Crippen molar-refractivity contribution in [2.24, 2.45) is 7.05 Å². The second kappa shape index (κ2) is 10.8. The third-order valence-electron chi connectivity index (χ3n) is 8.07. The van der Waals surface area contributed by atoms with Crippen molar-refractivity contribution in [1.82, 2.24) is 38.6 Å². The minimum Gasteiger partial charge on any atom is -0.388 e. The summed E-state index contributed by atoms with van der Waals surface area (Å²) in [6, 6.07) is -0.893. The summed E-state index contributed by atoms with van der Waals surface area (Å²) in [6.07, 6.45) is -4.41. The van der Waals surface area contributed by atoms with Crippen LogP contribution in [0.1, 0.15) is 25.6 Å². The van der Waals surface area contributed by atoms with Crippen molar-refractivity contribution in [3.8, 4) is 0 Å². The Kier molecular flexibility index (Phi) is 7.49. The van der Waals surface area contributed by atoms with Gasteiger partial charge in [-0.25, -0.2) is 33.9 Å². The first-order chi connectivity index (χ1) is 21.2. The van der Waals surface area contributed by atoms with Gasteiger partial charge in [-0.1, -0.05) is 12.2 Å². The van der Waals surface area contributed by atoms with Crippen molar-refractivity contribution in [3.63, 3.8) is 0 Å². The molecule has 7 rings (SSSR count). The number of alkyl halides is 1. The van der Waals surface area contributed by atoms with Crippen LogP contribution in [0, 0.1) is 0 Å². The molecule has 4 aromatic rings. The van der Waals surface area contributed by atoms with Crippen molar-refractivity contribution in [2.75, 3.05) is 12.3 Å². The number of aryl methyl sites for hydroxylation is 1. The Hall–Kier alpha value is -2.42. The lowest BCUT2D eigenvalue weighted by atomic mass is 9.99. The average molecular weight is 706 g/mol. The monoisotopic (exact) mass is 705 g/mol. The van der Waals surface area contributed by atoms with Crippen molar-refractivity contribution in [3.05, 3.63) is 35.7 Å². The van der Waals surface area contributed by atoms with Gasteiger partial charge in [-0.3, -0.25) is 18.4 Å². The zero-order valence-electron chi connectivity index (χ0n) is 23.3. The molecule has 23 heteroatoms. The molecule has 1 saturated carbocycles. The second-order valence-electron chi connectivity index (χ2n) is 11.1. The van der Waals surface area contributed by atoms with E-state index in [1.54, 1.807) is 0 Å². The minimum atomic E-state index is -4.47. The standard InChI is InChI=1S/C22H26FN9O9P2S2/c1-22-4-37-42(35,44)40-15-9(31-7-28-13-19(31)29-6-30(2)20(13)34)3-10(14(15)33)39-43(36,45)41-16(22)11(23)21(38-22)32-8-27-12-17(24)25-5-26-18(12)32/h5-11,14-16,21,33H,3-4H2,1-2H3,(H,35,44)(H,36,45)(H2,24,25,26)/t9-,10+,11-,14-,15+,16+,21-,22?,42?,43?/m1/s1. The lowest BCUT2D eigenvalue weighted by Gasteiger charge is -2.34. The highest BCUT2D eigenvalue weighted by Crippen LogP contribution is 2.62. The molecule has 3 unspecified atom stereocenters. The van der Waals surface area contributed by atoms with E-state index >= 15 is 4.39 Å². The van der Waals surface area contributed by atoms with Gasteiger partial charge < -0.3 is 38.7 Å². The number of nitrogens with zero attached hydrogens (tertiary/aromatic N) is 8. The van der Waals surface area contributed by atoms with Crippen LogP contribution in [0.4, 0.5) is 10.2 Å². The molecule has 0 aromatic carbocycles. The summed E-state index contributed by atoms with van der Waals surface area (Å²) >= 11 is 9.41. The zero-order chi connectivity index (χ0) is 32.1. The predicted molar refractivity (Wildman–Crippen MR) is 159 cm³/mol. The van der Waals surface area contributed by atoms with E-state index in [2.05, 4.69) is 37.2 Å². The van der Waals surface area contributed by atoms with E-state index in [0.29, 0.717) is 0 Å². The van der Waals surface area contributed by atoms with Crippen molar-refractivity contribution in [2.45, 2.75) is 61.8 Å². The Balaban J connectivity index is 1.24. The van der Waals surface area contributed by atoms with Gasteiger partial charge >= 0.3 is 13.5 Å². The summed E-state index contributed by atoms with van der Waals surface area (Å²) in [5.41, 5.74) is 4.26. The number of aromatic nitrogens is 8. The normalized spacial score (nSPS) is 39.1. The molecule has 3 fully saturated rings. The summed E-state index contributed by atoms with van der Waals surface area (Å²) in [6.45, 7) is -7.89. The van der Waals surface area contributed by atoms with E-state index in [9.17, 15) is 19.4 Å². The van der Waals surface area contributed by atoms with Gasteiger partial charge in [0.2, 0.25) is 0 Å². The van der Waals surface area contributed by atoms with E-state index in [-0.39, 0.29) is 34.6 Å². The molecule has 2 saturated heterocycles. The largest absolute Gasteiger partial charge is 0.388 e. The maximum Gasteiger partial charge on any atom is 0.386 e. The van der Waals surface area contributed by atoms with E-state index in [4.69, 9.17) is 40.4 Å². The Morgan fingerprint density at radius 1 is 1.11 bits per heavy atom. The minimum absolute atomic E-state index is 0.0414. The van der Waals surface area contributed by atoms with Gasteiger partial charge in [-0.2, -0.15) is 0 Å². The molecule has 0 spiro atoms. The number of hydrogen-bond acceptors (Lipinski definition) is 15. The van der Waals surface area contributed by atoms with Gasteiger partial charge in [0.1, 0.15) is 35.8 Å². The number of nitrogens with two attached hydrogens (primary N) is 1. The Labute approximate surface area is 262 Å². The molecule has 2 bridgehead atoms. The van der Waals surface area contributed by atoms with Crippen LogP contribution in [0.15, 0.2) is 30.1 Å². The molecule has 18 nitrogen and oxygen atoms in total. The molecule has 4 aromatic heterocycles. The van der Waals surface area contributed by atoms with E-state index < -0.39 is 74.1 Å². The molecule has 10 atom stereocenters. The molecular weight excluding hydrogens is 679 g/mol. The van der Waals surface area contributed by atoms with Crippen LogP contribution in [0.5, 0.6) is 0 Å². The van der Waals surface area contributed by atoms with Crippen LogP contribution in [0.25, 0.3) is 22.3 Å². The van der Waals surface area contributed by atoms with Crippen LogP contribution in [-0.2, 0) is 46.3 Å². The van der Waals surface area contributed by atoms with E-state index in [0.717, 1.165) is 0 Å². The second-order valence-corrected chi connectivity index (χ2v) is 16.7. The van der Waals surface area contributed by atoms with Crippen molar-refractivity contribution >= 4 is 65.7 Å². The number of thiol groups is 1. The number of rotatable bonds is 2. The van der Waals surface area contributed by atoms with Crippen molar-refractivity contribution in [1.29, 1.82) is 0 Å². The number of imidazole rings is 2. The van der Waals surface area contributed by atoms with Crippen LogP contribution in [-0.4, -0.2) is 91.4 Å². The molecule has 0 amide bonds. The number of aliphatic hydroxyl groups is 1. The number of fused-ring (bicyclic) bond motifs is 5. The first-order valence-electron chi connectivity index (χ1n) is 13.3. The maximum absolute atomic E-state index is 16.3. The van der Waals surface area contributed by atoms with Crippen molar-refractivity contribution < 1.29 is 41.8 Å². The Bertz CT molecular complexity index is 1980. The van der Waals surface area contributed by atoms with Gasteiger partial charge in [0.15, 0.2) is 35.0 Å². The van der Waals surface area contributed by atoms with Gasteiger partial charge in [0.25, 0.3) is 5.56 Å². The molecule has 1 aliphatic carbocycles. The van der Waals surface area contributed by atoms with Crippen LogP contribution in [0.2, 0.25) is 0 Å². The summed E-state index contributed by atoms with van der Waals surface area (Å²) < 4.78 is 62.9. The smallest absolute Gasteiger partial charge is 0.386 e. The molecule has 45 heavy (non-hydrogen) atoms. The first kappa shape index (κ1) is 31.2. The van der Waals surface area contributed by atoms with Gasteiger partial charge in [-0.05, 0) is 18.7 Å². The van der Waals surface area contributed by atoms with Gasteiger partial charge in [0.05, 0.1) is 37.7 Å². The van der Waals surface area contributed by atoms with Crippen LogP contribution < -0.4 is 11.3 Å². The van der Waals surface area contributed by atoms with Crippen LogP contribution >= 0.6 is 25.8 Å². The molecule has 2 aliphatic heterocycles. The molecule has 3 aliphatic rings. The fourth-order valence-corrected chi connectivity index (χ4v) is 9.28.